The summed E-state index contributed by atoms with van der Waals surface area (Å²) in [4.78, 5) is 0. The van der Waals surface area contributed by atoms with Crippen LogP contribution in [0.2, 0.25) is 0 Å². The lowest BCUT2D eigenvalue weighted by atomic mass is 9.87. The monoisotopic (exact) mass is 528 g/mol. The molecule has 0 atom stereocenters. The van der Waals surface area contributed by atoms with Crippen molar-refractivity contribution in [3.05, 3.63) is 146 Å². The Kier molecular flexibility index (Phi) is 4.27. The van der Waals surface area contributed by atoms with Crippen molar-refractivity contribution in [3.8, 4) is 22.3 Å². The van der Waals surface area contributed by atoms with E-state index in [2.05, 4.69) is 146 Å². The van der Waals surface area contributed by atoms with Gasteiger partial charge in [-0.25, -0.2) is 0 Å². The van der Waals surface area contributed by atoms with E-state index in [4.69, 9.17) is 0 Å². The van der Waals surface area contributed by atoms with E-state index in [1.807, 2.05) is 0 Å². The van der Waals surface area contributed by atoms with Crippen LogP contribution in [-0.4, -0.2) is 0 Å². The highest BCUT2D eigenvalue weighted by Gasteiger charge is 2.16. The lowest BCUT2D eigenvalue weighted by Gasteiger charge is -2.17. The fraction of sp³-hybridized carbons (Fsp3) is 0. The second-order valence-electron chi connectivity index (χ2n) is 11.7. The topological polar surface area (TPSA) is 0 Å². The molecule has 0 aliphatic heterocycles. The molecule has 0 bridgehead atoms. The summed E-state index contributed by atoms with van der Waals surface area (Å²) in [5.74, 6) is 0. The largest absolute Gasteiger partial charge is 0.0610 e. The van der Waals surface area contributed by atoms with Gasteiger partial charge in [0.1, 0.15) is 0 Å². The molecule has 10 rings (SSSR count). The summed E-state index contributed by atoms with van der Waals surface area (Å²) in [5, 5.41) is 18.4. The molecule has 0 N–H and O–H groups in total. The van der Waals surface area contributed by atoms with E-state index >= 15 is 0 Å². The Morgan fingerprint density at radius 3 is 0.833 bits per heavy atom. The zero-order valence-electron chi connectivity index (χ0n) is 22.9. The zero-order chi connectivity index (χ0) is 27.4. The van der Waals surface area contributed by atoms with Gasteiger partial charge < -0.3 is 0 Å². The highest BCUT2D eigenvalue weighted by Crippen LogP contribution is 2.43. The van der Waals surface area contributed by atoms with Gasteiger partial charge in [0.05, 0.1) is 0 Å². The van der Waals surface area contributed by atoms with Gasteiger partial charge in [-0.1, -0.05) is 121 Å². The third-order valence-corrected chi connectivity index (χ3v) is 9.45. The molecule has 0 nitrogen and oxygen atoms in total. The third kappa shape index (κ3) is 2.96. The zero-order valence-corrected chi connectivity index (χ0v) is 22.9. The fourth-order valence-corrected chi connectivity index (χ4v) is 7.64. The first-order valence-electron chi connectivity index (χ1n) is 14.7. The number of benzene rings is 10. The molecule has 10 aromatic rings. The predicted molar refractivity (Wildman–Crippen MR) is 182 cm³/mol. The minimum Gasteiger partial charge on any atom is -0.0610 e. The maximum atomic E-state index is 2.39. The Morgan fingerprint density at radius 2 is 0.476 bits per heavy atom. The van der Waals surface area contributed by atoms with Gasteiger partial charge in [0.15, 0.2) is 0 Å². The summed E-state index contributed by atoms with van der Waals surface area (Å²) in [6, 6.07) is 54.5. The molecule has 0 heterocycles. The Balaban J connectivity index is 1.26. The third-order valence-electron chi connectivity index (χ3n) is 9.45. The molecule has 0 aliphatic carbocycles. The SMILES string of the molecule is c1cc(-c2cc3ccc4cccc5ccc(c2)c3c45)c2c(-c3cc4ccc5cccc6ccc(c3)c4c56)cccc2c1. The molecule has 10 aromatic carbocycles. The van der Waals surface area contributed by atoms with Crippen molar-refractivity contribution in [1.29, 1.82) is 0 Å². The summed E-state index contributed by atoms with van der Waals surface area (Å²) < 4.78 is 0. The van der Waals surface area contributed by atoms with Crippen LogP contribution in [0.3, 0.4) is 0 Å². The molecular formula is C42H24. The first kappa shape index (κ1) is 22.3. The first-order valence-corrected chi connectivity index (χ1v) is 14.7. The van der Waals surface area contributed by atoms with Crippen molar-refractivity contribution >= 4 is 75.4 Å². The van der Waals surface area contributed by atoms with Crippen molar-refractivity contribution in [2.75, 3.05) is 0 Å². The minimum atomic E-state index is 1.26. The van der Waals surface area contributed by atoms with Crippen molar-refractivity contribution < 1.29 is 0 Å². The van der Waals surface area contributed by atoms with Gasteiger partial charge in [-0.15, -0.1) is 0 Å². The van der Waals surface area contributed by atoms with E-state index in [1.54, 1.807) is 0 Å². The first-order chi connectivity index (χ1) is 20.8. The molecule has 0 heteroatoms. The number of hydrogen-bond donors (Lipinski definition) is 0. The summed E-state index contributed by atoms with van der Waals surface area (Å²) in [5.41, 5.74) is 5.07. The van der Waals surface area contributed by atoms with Gasteiger partial charge in [-0.3, -0.25) is 0 Å². The van der Waals surface area contributed by atoms with Crippen molar-refractivity contribution in [2.45, 2.75) is 0 Å². The number of hydrogen-bond acceptors (Lipinski definition) is 0. The van der Waals surface area contributed by atoms with Gasteiger partial charge in [0.2, 0.25) is 0 Å². The lowest BCUT2D eigenvalue weighted by Crippen LogP contribution is -1.90. The van der Waals surface area contributed by atoms with E-state index < -0.39 is 0 Å². The molecule has 0 radical (unpaired) electrons. The number of fused-ring (bicyclic) bond motifs is 1. The van der Waals surface area contributed by atoms with E-state index in [0.717, 1.165) is 0 Å². The van der Waals surface area contributed by atoms with Crippen molar-refractivity contribution in [1.82, 2.24) is 0 Å². The smallest absolute Gasteiger partial charge is 0.00264 e. The molecule has 0 spiro atoms. The quantitative estimate of drug-likeness (QED) is 0.196. The summed E-state index contributed by atoms with van der Waals surface area (Å²) in [6.07, 6.45) is 0. The second kappa shape index (κ2) is 8.06. The molecule has 0 saturated heterocycles. The van der Waals surface area contributed by atoms with Gasteiger partial charge in [0.25, 0.3) is 0 Å². The van der Waals surface area contributed by atoms with Crippen molar-refractivity contribution in [2.24, 2.45) is 0 Å². The van der Waals surface area contributed by atoms with E-state index in [9.17, 15) is 0 Å². The minimum absolute atomic E-state index is 1.26. The highest BCUT2D eigenvalue weighted by molar-refractivity contribution is 6.25. The van der Waals surface area contributed by atoms with Crippen LogP contribution in [0.5, 0.6) is 0 Å². The van der Waals surface area contributed by atoms with E-state index in [0.29, 0.717) is 0 Å². The second-order valence-corrected chi connectivity index (χ2v) is 11.7. The molecule has 0 amide bonds. The molecule has 0 unspecified atom stereocenters. The van der Waals surface area contributed by atoms with Crippen LogP contribution in [0.15, 0.2) is 146 Å². The predicted octanol–water partition coefficient (Wildman–Crippen LogP) is 12.0. The van der Waals surface area contributed by atoms with Crippen LogP contribution in [0.25, 0.3) is 97.7 Å². The average Bonchev–Trinajstić information content (AvgIpc) is 3.05. The average molecular weight is 529 g/mol. The molecule has 0 saturated carbocycles. The highest BCUT2D eigenvalue weighted by atomic mass is 14.2. The molecular weight excluding hydrogens is 504 g/mol. The molecule has 0 fully saturated rings. The van der Waals surface area contributed by atoms with Crippen LogP contribution in [0.1, 0.15) is 0 Å². The Morgan fingerprint density at radius 1 is 0.214 bits per heavy atom. The maximum absolute atomic E-state index is 2.39. The van der Waals surface area contributed by atoms with Gasteiger partial charge >= 0.3 is 0 Å². The lowest BCUT2D eigenvalue weighted by molar-refractivity contribution is 1.67. The fourth-order valence-electron chi connectivity index (χ4n) is 7.64. The molecule has 0 aliphatic rings. The van der Waals surface area contributed by atoms with Crippen LogP contribution < -0.4 is 0 Å². The Hall–Kier alpha value is -5.46. The maximum Gasteiger partial charge on any atom is -0.00264 e. The van der Waals surface area contributed by atoms with E-state index in [1.165, 1.54) is 97.7 Å². The van der Waals surface area contributed by atoms with Crippen LogP contribution in [-0.2, 0) is 0 Å². The van der Waals surface area contributed by atoms with Crippen molar-refractivity contribution in [3.63, 3.8) is 0 Å². The summed E-state index contributed by atoms with van der Waals surface area (Å²) in [6.45, 7) is 0. The van der Waals surface area contributed by atoms with E-state index in [-0.39, 0.29) is 0 Å². The van der Waals surface area contributed by atoms with Crippen LogP contribution in [0.4, 0.5) is 0 Å². The normalized spacial score (nSPS) is 12.3. The number of rotatable bonds is 2. The van der Waals surface area contributed by atoms with Crippen LogP contribution in [0, 0.1) is 0 Å². The van der Waals surface area contributed by atoms with Crippen LogP contribution >= 0.6 is 0 Å². The van der Waals surface area contributed by atoms with Gasteiger partial charge in [-0.05, 0) is 122 Å². The van der Waals surface area contributed by atoms with Gasteiger partial charge in [-0.2, -0.15) is 0 Å². The summed E-state index contributed by atoms with van der Waals surface area (Å²) >= 11 is 0. The molecule has 0 aromatic heterocycles. The standard InChI is InChI=1S/C42H24/c1-5-26-13-17-30-21-34(22-31-18-14-27(6-1)38(26)40(30)31)36-11-3-9-25-10-4-12-37(42(25)36)35-23-32-19-15-28-7-2-8-29-16-20-33(24-35)41(32)39(28)29/h1-24H. The Labute approximate surface area is 242 Å². The summed E-state index contributed by atoms with van der Waals surface area (Å²) in [7, 11) is 0. The molecule has 192 valence electrons. The Bertz CT molecular complexity index is 2360. The molecule has 42 heavy (non-hydrogen) atoms. The van der Waals surface area contributed by atoms with Gasteiger partial charge in [0, 0.05) is 0 Å².